The van der Waals surface area contributed by atoms with Gasteiger partial charge >= 0.3 is 5.97 Å². The molecule has 5 rings (SSSR count). The van der Waals surface area contributed by atoms with E-state index in [9.17, 15) is 20.1 Å². The van der Waals surface area contributed by atoms with E-state index in [0.717, 1.165) is 10.4 Å². The Morgan fingerprint density at radius 2 is 1.47 bits per heavy atom. The van der Waals surface area contributed by atoms with Crippen LogP contribution in [-0.4, -0.2) is 80.1 Å². The second kappa shape index (κ2) is 13.5. The lowest BCUT2D eigenvalue weighted by Gasteiger charge is -2.68. The molecule has 0 amide bonds. The molecule has 49 heavy (non-hydrogen) atoms. The van der Waals surface area contributed by atoms with E-state index in [2.05, 4.69) is 76.2 Å². The smallest absolute Gasteiger partial charge is 0.311 e. The molecule has 1 spiro atoms. The van der Waals surface area contributed by atoms with Crippen molar-refractivity contribution in [3.8, 4) is 0 Å². The lowest BCUT2D eigenvalue weighted by molar-refractivity contribution is -0.332. The molecule has 3 N–H and O–H groups in total. The van der Waals surface area contributed by atoms with Gasteiger partial charge in [0.05, 0.1) is 17.6 Å². The van der Waals surface area contributed by atoms with E-state index >= 15 is 0 Å². The van der Waals surface area contributed by atoms with E-state index in [1.54, 1.807) is 0 Å². The van der Waals surface area contributed by atoms with Gasteiger partial charge in [-0.15, -0.1) is 0 Å². The third-order valence-corrected chi connectivity index (χ3v) is 17.6. The molecule has 3 saturated carbocycles. The van der Waals surface area contributed by atoms with Crippen LogP contribution in [0.25, 0.3) is 0 Å². The molecule has 3 aliphatic carbocycles. The molecule has 9 heteroatoms. The molecule has 0 unspecified atom stereocenters. The molecule has 2 aromatic rings. The normalized spacial score (nSPS) is 34.6. The van der Waals surface area contributed by atoms with Gasteiger partial charge in [-0.1, -0.05) is 102 Å². The lowest BCUT2D eigenvalue weighted by Crippen LogP contribution is -2.78. The van der Waals surface area contributed by atoms with Gasteiger partial charge < -0.3 is 34.0 Å². The second-order valence-corrected chi connectivity index (χ2v) is 21.9. The van der Waals surface area contributed by atoms with E-state index in [1.165, 1.54) is 7.11 Å². The van der Waals surface area contributed by atoms with Crippen molar-refractivity contribution in [2.24, 2.45) is 34.0 Å². The maximum absolute atomic E-state index is 13.5. The van der Waals surface area contributed by atoms with E-state index < -0.39 is 54.6 Å². The van der Waals surface area contributed by atoms with Crippen molar-refractivity contribution in [2.45, 2.75) is 117 Å². The standard InChI is InChI=1S/C40H60O8Si/c1-26-29(24-47-49(37(5,6)7,27-17-13-11-14-18-27)28-19-15-12-16-20-28)39-22-21-32(46-25-45-10)40(39,44)34(42)33(41)38(8,9)31(39)23-30(26)48-35(43)36(2,3)4/h11-20,26,29-34,41-42,44H,21-25H2,1-10H3/t26-,29-,30-,31-,32+,33-,34+,39-,40+/m0/s1. The molecule has 8 nitrogen and oxygen atoms in total. The van der Waals surface area contributed by atoms with E-state index in [0.29, 0.717) is 19.3 Å². The SMILES string of the molecule is COCO[C@@H]1CC[C@]23[C@@H](CO[Si](c4ccccc4)(c4ccccc4)C(C)(C)C)[C@H](C)[C@@H](OC(=O)C(C)(C)C)C[C@H]2C(C)(C)[C@@H](O)[C@@H](O)[C@]13O. The molecule has 9 atom stereocenters. The fourth-order valence-corrected chi connectivity index (χ4v) is 14.6. The van der Waals surface area contributed by atoms with Crippen LogP contribution in [0.4, 0.5) is 0 Å². The quantitative estimate of drug-likeness (QED) is 0.190. The zero-order valence-electron chi connectivity index (χ0n) is 31.2. The molecule has 3 fully saturated rings. The van der Waals surface area contributed by atoms with Crippen LogP contribution in [0.15, 0.2) is 60.7 Å². The number of methoxy groups -OCH3 is 1. The predicted octanol–water partition coefficient (Wildman–Crippen LogP) is 5.06. The minimum Gasteiger partial charge on any atom is -0.462 e. The van der Waals surface area contributed by atoms with Crippen molar-refractivity contribution in [1.29, 1.82) is 0 Å². The van der Waals surface area contributed by atoms with Crippen LogP contribution in [0.2, 0.25) is 5.04 Å². The van der Waals surface area contributed by atoms with Crippen LogP contribution in [0.5, 0.6) is 0 Å². The summed E-state index contributed by atoms with van der Waals surface area (Å²) in [6.07, 6.45) is -2.51. The minimum absolute atomic E-state index is 0.0511. The Balaban J connectivity index is 1.71. The van der Waals surface area contributed by atoms with Crippen LogP contribution >= 0.6 is 0 Å². The van der Waals surface area contributed by atoms with E-state index in [4.69, 9.17) is 18.6 Å². The Labute approximate surface area is 294 Å². The Kier molecular flexibility index (Phi) is 10.5. The van der Waals surface area contributed by atoms with Crippen LogP contribution in [0.3, 0.4) is 0 Å². The number of ether oxygens (including phenoxy) is 3. The average Bonchev–Trinajstić information content (AvgIpc) is 3.34. The average molecular weight is 697 g/mol. The molecule has 2 aromatic carbocycles. The molecule has 0 bridgehead atoms. The Bertz CT molecular complexity index is 1400. The number of carbonyl (C=O) groups is 1. The molecule has 0 saturated heterocycles. The summed E-state index contributed by atoms with van der Waals surface area (Å²) in [6, 6.07) is 20.9. The molecule has 3 aliphatic rings. The van der Waals surface area contributed by atoms with Crippen LogP contribution in [0, 0.1) is 34.0 Å². The third-order valence-electron chi connectivity index (χ3n) is 12.6. The zero-order valence-corrected chi connectivity index (χ0v) is 32.2. The van der Waals surface area contributed by atoms with Gasteiger partial charge in [0.15, 0.2) is 0 Å². The van der Waals surface area contributed by atoms with Crippen molar-refractivity contribution in [1.82, 2.24) is 0 Å². The van der Waals surface area contributed by atoms with Crippen molar-refractivity contribution >= 4 is 24.7 Å². The minimum atomic E-state index is -3.03. The number of esters is 1. The van der Waals surface area contributed by atoms with Gasteiger partial charge in [0.25, 0.3) is 8.32 Å². The first-order valence-corrected chi connectivity index (χ1v) is 19.9. The molecular formula is C40H60O8Si. The largest absolute Gasteiger partial charge is 0.462 e. The molecule has 0 heterocycles. The number of rotatable bonds is 9. The summed E-state index contributed by atoms with van der Waals surface area (Å²) in [6.45, 7) is 18.5. The first kappa shape index (κ1) is 38.1. The Morgan fingerprint density at radius 1 is 0.918 bits per heavy atom. The van der Waals surface area contributed by atoms with Crippen molar-refractivity contribution in [3.05, 3.63) is 60.7 Å². The number of aliphatic hydroxyl groups is 3. The Morgan fingerprint density at radius 3 is 1.96 bits per heavy atom. The highest BCUT2D eigenvalue weighted by molar-refractivity contribution is 6.99. The topological polar surface area (TPSA) is 115 Å². The van der Waals surface area contributed by atoms with Crippen LogP contribution < -0.4 is 10.4 Å². The van der Waals surface area contributed by atoms with E-state index in [1.807, 2.05) is 46.8 Å². The Hall–Kier alpha value is -2.11. The first-order chi connectivity index (χ1) is 22.8. The van der Waals surface area contributed by atoms with E-state index in [-0.39, 0.29) is 42.2 Å². The molecule has 272 valence electrons. The fourth-order valence-electron chi connectivity index (χ4n) is 10.1. The van der Waals surface area contributed by atoms with Crippen LogP contribution in [-0.2, 0) is 23.4 Å². The van der Waals surface area contributed by atoms with Gasteiger partial charge in [0, 0.05) is 19.1 Å². The number of carbonyl (C=O) groups excluding carboxylic acids is 1. The molecule has 0 aromatic heterocycles. The fraction of sp³-hybridized carbons (Fsp3) is 0.675. The van der Waals surface area contributed by atoms with Gasteiger partial charge in [-0.05, 0) is 78.6 Å². The highest BCUT2D eigenvalue weighted by Gasteiger charge is 2.78. The maximum Gasteiger partial charge on any atom is 0.311 e. The van der Waals surface area contributed by atoms with Crippen molar-refractivity contribution < 1.29 is 38.8 Å². The lowest BCUT2D eigenvalue weighted by atomic mass is 9.40. The molecule has 0 radical (unpaired) electrons. The van der Waals surface area contributed by atoms with Gasteiger partial charge in [-0.25, -0.2) is 0 Å². The summed E-state index contributed by atoms with van der Waals surface area (Å²) in [4.78, 5) is 13.5. The maximum atomic E-state index is 13.5. The summed E-state index contributed by atoms with van der Waals surface area (Å²) in [5.74, 6) is -1.23. The zero-order chi connectivity index (χ0) is 36.2. The number of hydrogen-bond donors (Lipinski definition) is 3. The molecular weight excluding hydrogens is 637 g/mol. The summed E-state index contributed by atoms with van der Waals surface area (Å²) in [7, 11) is -1.50. The number of benzene rings is 2. The molecule has 0 aliphatic heterocycles. The van der Waals surface area contributed by atoms with Gasteiger partial charge in [-0.3, -0.25) is 4.79 Å². The predicted molar refractivity (Wildman–Crippen MR) is 193 cm³/mol. The van der Waals surface area contributed by atoms with Crippen molar-refractivity contribution in [2.75, 3.05) is 20.5 Å². The first-order valence-electron chi connectivity index (χ1n) is 18.0. The number of aliphatic hydroxyl groups excluding tert-OH is 2. The highest BCUT2D eigenvalue weighted by atomic mass is 28.4. The highest BCUT2D eigenvalue weighted by Crippen LogP contribution is 2.71. The number of hydrogen-bond acceptors (Lipinski definition) is 8. The monoisotopic (exact) mass is 696 g/mol. The third kappa shape index (κ3) is 5.95. The summed E-state index contributed by atoms with van der Waals surface area (Å²) >= 11 is 0. The van der Waals surface area contributed by atoms with Gasteiger partial charge in [0.1, 0.15) is 24.6 Å². The summed E-state index contributed by atoms with van der Waals surface area (Å²) in [5, 5.41) is 38.9. The van der Waals surface area contributed by atoms with Crippen LogP contribution in [0.1, 0.15) is 81.6 Å². The van der Waals surface area contributed by atoms with Gasteiger partial charge in [0.2, 0.25) is 0 Å². The van der Waals surface area contributed by atoms with Gasteiger partial charge in [-0.2, -0.15) is 0 Å². The summed E-state index contributed by atoms with van der Waals surface area (Å²) < 4.78 is 25.4. The second-order valence-electron chi connectivity index (χ2n) is 17.6. The summed E-state index contributed by atoms with van der Waals surface area (Å²) in [5.41, 5.74) is -4.27. The van der Waals surface area contributed by atoms with Crippen molar-refractivity contribution in [3.63, 3.8) is 0 Å².